The standard InChI is InChI=1S/C21H24O2/c1-9-11(3)20(22)14(6)18-13(5)19-15(7)21(23)12(4)10(2)17(19)8-16(9)18/h8,22-23H,1-7H3. The summed E-state index contributed by atoms with van der Waals surface area (Å²) >= 11 is 0. The summed E-state index contributed by atoms with van der Waals surface area (Å²) in [5.41, 5.74) is 7.09. The van der Waals surface area contributed by atoms with Gasteiger partial charge in [-0.1, -0.05) is 0 Å². The number of rotatable bonds is 0. The van der Waals surface area contributed by atoms with Crippen molar-refractivity contribution in [3.05, 3.63) is 45.0 Å². The van der Waals surface area contributed by atoms with E-state index in [4.69, 9.17) is 0 Å². The highest BCUT2D eigenvalue weighted by molar-refractivity contribution is 6.08. The Morgan fingerprint density at radius 3 is 1.17 bits per heavy atom. The van der Waals surface area contributed by atoms with Crippen molar-refractivity contribution in [2.24, 2.45) is 0 Å². The van der Waals surface area contributed by atoms with E-state index in [9.17, 15) is 10.2 Å². The molecule has 0 heterocycles. The molecule has 0 spiro atoms. The SMILES string of the molecule is Cc1c(O)c(C)c2c(C)c3c(C)c(O)c(C)c(C)c3cc2c1C. The van der Waals surface area contributed by atoms with Gasteiger partial charge in [-0.25, -0.2) is 0 Å². The van der Waals surface area contributed by atoms with E-state index in [2.05, 4.69) is 26.8 Å². The third-order valence-corrected chi connectivity index (χ3v) is 5.68. The Morgan fingerprint density at radius 1 is 0.478 bits per heavy atom. The summed E-state index contributed by atoms with van der Waals surface area (Å²) in [5.74, 6) is 0.756. The first-order chi connectivity index (χ1) is 10.7. The predicted molar refractivity (Wildman–Crippen MR) is 97.9 cm³/mol. The van der Waals surface area contributed by atoms with Crippen LogP contribution in [0.2, 0.25) is 0 Å². The van der Waals surface area contributed by atoms with E-state index in [1.165, 1.54) is 10.8 Å². The number of hydrogen-bond donors (Lipinski definition) is 2. The fraction of sp³-hybridized carbons (Fsp3) is 0.333. The zero-order valence-corrected chi connectivity index (χ0v) is 15.0. The summed E-state index contributed by atoms with van der Waals surface area (Å²) in [4.78, 5) is 0. The smallest absolute Gasteiger partial charge is 0.122 e. The number of hydrogen-bond acceptors (Lipinski definition) is 2. The Labute approximate surface area is 137 Å². The van der Waals surface area contributed by atoms with E-state index in [0.29, 0.717) is 11.5 Å². The first-order valence-electron chi connectivity index (χ1n) is 8.02. The number of fused-ring (bicyclic) bond motifs is 2. The first kappa shape index (κ1) is 15.7. The fourth-order valence-electron chi connectivity index (χ4n) is 3.93. The van der Waals surface area contributed by atoms with Gasteiger partial charge in [-0.2, -0.15) is 0 Å². The molecule has 3 rings (SSSR count). The normalized spacial score (nSPS) is 11.6. The molecule has 0 bridgehead atoms. The second-order valence-electron chi connectivity index (χ2n) is 6.79. The third kappa shape index (κ3) is 1.87. The quantitative estimate of drug-likeness (QED) is 0.533. The van der Waals surface area contributed by atoms with Crippen molar-refractivity contribution in [2.75, 3.05) is 0 Å². The van der Waals surface area contributed by atoms with Crippen molar-refractivity contribution in [1.82, 2.24) is 0 Å². The molecule has 2 N–H and O–H groups in total. The van der Waals surface area contributed by atoms with Gasteiger partial charge in [-0.15, -0.1) is 0 Å². The molecule has 0 atom stereocenters. The second kappa shape index (κ2) is 4.89. The summed E-state index contributed by atoms with van der Waals surface area (Å²) in [6.45, 7) is 14.1. The van der Waals surface area contributed by atoms with Crippen LogP contribution < -0.4 is 0 Å². The van der Waals surface area contributed by atoms with Gasteiger partial charge in [0.2, 0.25) is 0 Å². The highest BCUT2D eigenvalue weighted by atomic mass is 16.3. The average Bonchev–Trinajstić information content (AvgIpc) is 2.53. The summed E-state index contributed by atoms with van der Waals surface area (Å²) < 4.78 is 0. The maximum atomic E-state index is 10.5. The highest BCUT2D eigenvalue weighted by Gasteiger charge is 2.19. The van der Waals surface area contributed by atoms with Crippen LogP contribution in [0.5, 0.6) is 11.5 Å². The molecular weight excluding hydrogens is 284 g/mol. The minimum Gasteiger partial charge on any atom is -0.507 e. The van der Waals surface area contributed by atoms with Gasteiger partial charge in [0.05, 0.1) is 0 Å². The number of aryl methyl sites for hydroxylation is 5. The minimum atomic E-state index is 0.378. The predicted octanol–water partition coefficient (Wildman–Crippen LogP) is 5.56. The van der Waals surface area contributed by atoms with Crippen LogP contribution in [0, 0.1) is 48.5 Å². The molecule has 3 aromatic rings. The van der Waals surface area contributed by atoms with E-state index in [0.717, 1.165) is 49.7 Å². The van der Waals surface area contributed by atoms with E-state index in [-0.39, 0.29) is 0 Å². The lowest BCUT2D eigenvalue weighted by Crippen LogP contribution is -1.97. The lowest BCUT2D eigenvalue weighted by atomic mass is 9.85. The molecule has 2 nitrogen and oxygen atoms in total. The van der Waals surface area contributed by atoms with E-state index in [1.807, 2.05) is 27.7 Å². The van der Waals surface area contributed by atoms with Crippen molar-refractivity contribution in [3.8, 4) is 11.5 Å². The van der Waals surface area contributed by atoms with Crippen molar-refractivity contribution < 1.29 is 10.2 Å². The summed E-state index contributed by atoms with van der Waals surface area (Å²) in [7, 11) is 0. The topological polar surface area (TPSA) is 40.5 Å². The maximum absolute atomic E-state index is 10.5. The Kier molecular flexibility index (Phi) is 3.33. The van der Waals surface area contributed by atoms with E-state index in [1.54, 1.807) is 0 Å². The molecule has 0 fully saturated rings. The number of phenols is 2. The monoisotopic (exact) mass is 308 g/mol. The Balaban J connectivity index is 2.73. The lowest BCUT2D eigenvalue weighted by molar-refractivity contribution is 0.467. The number of phenolic OH excluding ortho intramolecular Hbond substituents is 2. The lowest BCUT2D eigenvalue weighted by Gasteiger charge is -2.20. The van der Waals surface area contributed by atoms with Crippen LogP contribution in [0.15, 0.2) is 6.07 Å². The van der Waals surface area contributed by atoms with Gasteiger partial charge in [-0.3, -0.25) is 0 Å². The van der Waals surface area contributed by atoms with Gasteiger partial charge >= 0.3 is 0 Å². The van der Waals surface area contributed by atoms with Gasteiger partial charge in [0, 0.05) is 0 Å². The zero-order chi connectivity index (χ0) is 17.2. The molecule has 23 heavy (non-hydrogen) atoms. The summed E-state index contributed by atoms with van der Waals surface area (Å²) in [5, 5.41) is 25.5. The van der Waals surface area contributed by atoms with Crippen LogP contribution in [0.4, 0.5) is 0 Å². The van der Waals surface area contributed by atoms with E-state index < -0.39 is 0 Å². The molecule has 120 valence electrons. The summed E-state index contributed by atoms with van der Waals surface area (Å²) in [6.07, 6.45) is 0. The Hall–Kier alpha value is -2.22. The number of aromatic hydroxyl groups is 2. The molecule has 0 saturated heterocycles. The maximum Gasteiger partial charge on any atom is 0.122 e. The summed E-state index contributed by atoms with van der Waals surface area (Å²) in [6, 6.07) is 2.22. The molecule has 0 radical (unpaired) electrons. The average molecular weight is 308 g/mol. The van der Waals surface area contributed by atoms with Crippen LogP contribution in [0.1, 0.15) is 38.9 Å². The molecule has 0 aliphatic carbocycles. The molecule has 0 aliphatic heterocycles. The van der Waals surface area contributed by atoms with E-state index >= 15 is 0 Å². The van der Waals surface area contributed by atoms with Gasteiger partial charge in [0.25, 0.3) is 0 Å². The molecule has 2 heteroatoms. The van der Waals surface area contributed by atoms with Crippen LogP contribution in [-0.2, 0) is 0 Å². The van der Waals surface area contributed by atoms with Gasteiger partial charge in [-0.05, 0) is 115 Å². The molecule has 0 aromatic heterocycles. The van der Waals surface area contributed by atoms with Crippen molar-refractivity contribution in [1.29, 1.82) is 0 Å². The van der Waals surface area contributed by atoms with Crippen molar-refractivity contribution in [3.63, 3.8) is 0 Å². The zero-order valence-electron chi connectivity index (χ0n) is 15.0. The molecule has 3 aromatic carbocycles. The van der Waals surface area contributed by atoms with Crippen LogP contribution in [0.25, 0.3) is 21.5 Å². The Bertz CT molecular complexity index is 917. The first-order valence-corrected chi connectivity index (χ1v) is 8.02. The number of benzene rings is 3. The second-order valence-corrected chi connectivity index (χ2v) is 6.79. The molecule has 0 aliphatic rings. The third-order valence-electron chi connectivity index (χ3n) is 5.68. The minimum absolute atomic E-state index is 0.378. The Morgan fingerprint density at radius 2 is 0.826 bits per heavy atom. The molecule has 0 saturated carbocycles. The van der Waals surface area contributed by atoms with Crippen LogP contribution >= 0.6 is 0 Å². The van der Waals surface area contributed by atoms with Crippen molar-refractivity contribution >= 4 is 21.5 Å². The molecule has 0 unspecified atom stereocenters. The fourth-order valence-corrected chi connectivity index (χ4v) is 3.93. The van der Waals surface area contributed by atoms with Gasteiger partial charge in [0.1, 0.15) is 11.5 Å². The van der Waals surface area contributed by atoms with Crippen LogP contribution in [-0.4, -0.2) is 10.2 Å². The van der Waals surface area contributed by atoms with Crippen LogP contribution in [0.3, 0.4) is 0 Å². The van der Waals surface area contributed by atoms with Crippen molar-refractivity contribution in [2.45, 2.75) is 48.5 Å². The largest absolute Gasteiger partial charge is 0.507 e. The molecule has 0 amide bonds. The van der Waals surface area contributed by atoms with Gasteiger partial charge in [0.15, 0.2) is 0 Å². The molecular formula is C21H24O2. The van der Waals surface area contributed by atoms with Gasteiger partial charge < -0.3 is 10.2 Å². The highest BCUT2D eigenvalue weighted by Crippen LogP contribution is 2.43.